The van der Waals surface area contributed by atoms with Gasteiger partial charge >= 0.3 is 0 Å². The van der Waals surface area contributed by atoms with Gasteiger partial charge in [-0.3, -0.25) is 4.79 Å². The fraction of sp³-hybridized carbons (Fsp3) is 0.833. The zero-order valence-corrected chi connectivity index (χ0v) is 5.39. The van der Waals surface area contributed by atoms with Crippen molar-refractivity contribution in [2.75, 3.05) is 6.54 Å². The molecule has 0 aliphatic carbocycles. The lowest BCUT2D eigenvalue weighted by Gasteiger charge is -2.04. The molecule has 3 heteroatoms. The van der Waals surface area contributed by atoms with Crippen molar-refractivity contribution in [2.24, 2.45) is 5.73 Å². The SMILES string of the molecule is NC(=O)C[C@H]1CCCN1. The molecule has 1 atom stereocenters. The van der Waals surface area contributed by atoms with Crippen molar-refractivity contribution in [3.63, 3.8) is 0 Å². The van der Waals surface area contributed by atoms with Gasteiger partial charge in [0.05, 0.1) is 0 Å². The second-order valence-electron chi connectivity index (χ2n) is 2.46. The maximum atomic E-state index is 10.3. The molecule has 0 aromatic heterocycles. The molecule has 0 unspecified atom stereocenters. The average Bonchev–Trinajstić information content (AvgIpc) is 2.15. The van der Waals surface area contributed by atoms with E-state index in [-0.39, 0.29) is 5.91 Å². The number of carbonyl (C=O) groups excluding carboxylic acids is 1. The van der Waals surface area contributed by atoms with E-state index in [1.165, 1.54) is 6.42 Å². The molecule has 3 N–H and O–H groups in total. The van der Waals surface area contributed by atoms with Gasteiger partial charge in [0, 0.05) is 12.5 Å². The van der Waals surface area contributed by atoms with Crippen molar-refractivity contribution in [2.45, 2.75) is 25.3 Å². The van der Waals surface area contributed by atoms with Crippen LogP contribution >= 0.6 is 0 Å². The smallest absolute Gasteiger partial charge is 0.218 e. The van der Waals surface area contributed by atoms with Crippen LogP contribution in [0.4, 0.5) is 0 Å². The molecule has 1 saturated heterocycles. The van der Waals surface area contributed by atoms with E-state index in [0.717, 1.165) is 13.0 Å². The van der Waals surface area contributed by atoms with Crippen LogP contribution in [-0.4, -0.2) is 18.5 Å². The van der Waals surface area contributed by atoms with Crippen LogP contribution in [0.3, 0.4) is 0 Å². The maximum absolute atomic E-state index is 10.3. The Balaban J connectivity index is 2.19. The van der Waals surface area contributed by atoms with Gasteiger partial charge in [-0.05, 0) is 19.4 Å². The molecule has 0 radical (unpaired) electrons. The van der Waals surface area contributed by atoms with E-state index < -0.39 is 0 Å². The fourth-order valence-corrected chi connectivity index (χ4v) is 1.17. The third kappa shape index (κ3) is 2.01. The van der Waals surface area contributed by atoms with Gasteiger partial charge in [0.1, 0.15) is 0 Å². The molecule has 0 aromatic carbocycles. The second-order valence-corrected chi connectivity index (χ2v) is 2.46. The molecule has 1 aliphatic rings. The van der Waals surface area contributed by atoms with E-state index in [9.17, 15) is 4.79 Å². The molecule has 1 rings (SSSR count). The van der Waals surface area contributed by atoms with Crippen LogP contribution in [0.25, 0.3) is 0 Å². The Labute approximate surface area is 54.6 Å². The van der Waals surface area contributed by atoms with Crippen molar-refractivity contribution in [1.82, 2.24) is 5.32 Å². The van der Waals surface area contributed by atoms with Gasteiger partial charge in [-0.1, -0.05) is 0 Å². The summed E-state index contributed by atoms with van der Waals surface area (Å²) in [5, 5.41) is 3.19. The third-order valence-electron chi connectivity index (χ3n) is 1.61. The maximum Gasteiger partial charge on any atom is 0.218 e. The number of rotatable bonds is 2. The van der Waals surface area contributed by atoms with Crippen molar-refractivity contribution in [1.29, 1.82) is 0 Å². The summed E-state index contributed by atoms with van der Waals surface area (Å²) in [6.07, 6.45) is 2.78. The van der Waals surface area contributed by atoms with Crippen molar-refractivity contribution < 1.29 is 4.79 Å². The van der Waals surface area contributed by atoms with Gasteiger partial charge < -0.3 is 11.1 Å². The lowest BCUT2D eigenvalue weighted by atomic mass is 10.1. The molecule has 1 heterocycles. The summed E-state index contributed by atoms with van der Waals surface area (Å²) in [6, 6.07) is 0.363. The Morgan fingerprint density at radius 3 is 3.00 bits per heavy atom. The molecular formula is C6H12N2O. The predicted octanol–water partition coefficient (Wildman–Crippen LogP) is -0.386. The highest BCUT2D eigenvalue weighted by Crippen LogP contribution is 2.07. The first-order valence-electron chi connectivity index (χ1n) is 3.31. The number of nitrogens with one attached hydrogen (secondary N) is 1. The van der Waals surface area contributed by atoms with Crippen molar-refractivity contribution in [3.8, 4) is 0 Å². The highest BCUT2D eigenvalue weighted by Gasteiger charge is 2.15. The number of hydrogen-bond acceptors (Lipinski definition) is 2. The number of nitrogens with two attached hydrogens (primary N) is 1. The van der Waals surface area contributed by atoms with Gasteiger partial charge in [0.25, 0.3) is 0 Å². The molecule has 0 saturated carbocycles. The number of hydrogen-bond donors (Lipinski definition) is 2. The summed E-state index contributed by atoms with van der Waals surface area (Å²) < 4.78 is 0. The topological polar surface area (TPSA) is 55.1 Å². The van der Waals surface area contributed by atoms with E-state index in [0.29, 0.717) is 12.5 Å². The fourth-order valence-electron chi connectivity index (χ4n) is 1.17. The summed E-state index contributed by atoms with van der Waals surface area (Å²) >= 11 is 0. The lowest BCUT2D eigenvalue weighted by molar-refractivity contribution is -0.118. The molecule has 3 nitrogen and oxygen atoms in total. The van der Waals surface area contributed by atoms with Crippen LogP contribution < -0.4 is 11.1 Å². The Morgan fingerprint density at radius 1 is 1.78 bits per heavy atom. The van der Waals surface area contributed by atoms with E-state index in [2.05, 4.69) is 5.32 Å². The molecular weight excluding hydrogens is 116 g/mol. The largest absolute Gasteiger partial charge is 0.370 e. The van der Waals surface area contributed by atoms with Crippen LogP contribution in [0, 0.1) is 0 Å². The Morgan fingerprint density at radius 2 is 2.56 bits per heavy atom. The highest BCUT2D eigenvalue weighted by atomic mass is 16.1. The van der Waals surface area contributed by atoms with Crippen LogP contribution in [-0.2, 0) is 4.79 Å². The summed E-state index contributed by atoms with van der Waals surface area (Å²) in [4.78, 5) is 10.3. The van der Waals surface area contributed by atoms with E-state index in [1.54, 1.807) is 0 Å². The zero-order valence-electron chi connectivity index (χ0n) is 5.39. The van der Waals surface area contributed by atoms with Gasteiger partial charge in [-0.25, -0.2) is 0 Å². The van der Waals surface area contributed by atoms with Crippen LogP contribution in [0.2, 0.25) is 0 Å². The number of amides is 1. The summed E-state index contributed by atoms with van der Waals surface area (Å²) in [5.41, 5.74) is 4.99. The molecule has 1 aliphatic heterocycles. The molecule has 1 fully saturated rings. The third-order valence-corrected chi connectivity index (χ3v) is 1.61. The standard InChI is InChI=1S/C6H12N2O/c7-6(9)4-5-2-1-3-8-5/h5,8H,1-4H2,(H2,7,9)/t5-/m1/s1. The summed E-state index contributed by atoms with van der Waals surface area (Å²) in [7, 11) is 0. The molecule has 0 aromatic rings. The van der Waals surface area contributed by atoms with Crippen molar-refractivity contribution >= 4 is 5.91 Å². The Hall–Kier alpha value is -0.570. The van der Waals surface area contributed by atoms with Crippen LogP contribution in [0.1, 0.15) is 19.3 Å². The van der Waals surface area contributed by atoms with E-state index >= 15 is 0 Å². The van der Waals surface area contributed by atoms with Gasteiger partial charge in [0.2, 0.25) is 5.91 Å². The first-order chi connectivity index (χ1) is 4.29. The molecule has 9 heavy (non-hydrogen) atoms. The minimum atomic E-state index is -0.200. The Bertz CT molecular complexity index is 108. The molecule has 1 amide bonds. The summed E-state index contributed by atoms with van der Waals surface area (Å²) in [6.45, 7) is 1.04. The highest BCUT2D eigenvalue weighted by molar-refractivity contribution is 5.74. The van der Waals surface area contributed by atoms with Gasteiger partial charge in [-0.2, -0.15) is 0 Å². The molecule has 52 valence electrons. The normalized spacial score (nSPS) is 26.4. The Kier molecular flexibility index (Phi) is 2.05. The lowest BCUT2D eigenvalue weighted by Crippen LogP contribution is -2.27. The van der Waals surface area contributed by atoms with Gasteiger partial charge in [-0.15, -0.1) is 0 Å². The number of primary amides is 1. The first-order valence-corrected chi connectivity index (χ1v) is 3.31. The second kappa shape index (κ2) is 2.82. The minimum Gasteiger partial charge on any atom is -0.370 e. The average molecular weight is 128 g/mol. The van der Waals surface area contributed by atoms with E-state index in [1.807, 2.05) is 0 Å². The molecule has 0 bridgehead atoms. The first kappa shape index (κ1) is 6.55. The van der Waals surface area contributed by atoms with Crippen LogP contribution in [0.15, 0.2) is 0 Å². The van der Waals surface area contributed by atoms with E-state index in [4.69, 9.17) is 5.73 Å². The zero-order chi connectivity index (χ0) is 6.69. The number of carbonyl (C=O) groups is 1. The summed E-state index contributed by atoms with van der Waals surface area (Å²) in [5.74, 6) is -0.200. The molecule has 0 spiro atoms. The monoisotopic (exact) mass is 128 g/mol. The predicted molar refractivity (Wildman–Crippen MR) is 34.8 cm³/mol. The van der Waals surface area contributed by atoms with Crippen molar-refractivity contribution in [3.05, 3.63) is 0 Å². The van der Waals surface area contributed by atoms with Gasteiger partial charge in [0.15, 0.2) is 0 Å². The minimum absolute atomic E-state index is 0.200. The van der Waals surface area contributed by atoms with Crippen LogP contribution in [0.5, 0.6) is 0 Å². The quantitative estimate of drug-likeness (QED) is 0.532.